The van der Waals surface area contributed by atoms with Crippen LogP contribution in [0.1, 0.15) is 36.6 Å². The molecule has 1 saturated heterocycles. The molecule has 1 aliphatic heterocycles. The van der Waals surface area contributed by atoms with Gasteiger partial charge in [0, 0.05) is 32.2 Å². The summed E-state index contributed by atoms with van der Waals surface area (Å²) in [7, 11) is 0. The second-order valence-corrected chi connectivity index (χ2v) is 6.51. The first kappa shape index (κ1) is 14.9. The summed E-state index contributed by atoms with van der Waals surface area (Å²) in [6.45, 7) is 3.61. The van der Waals surface area contributed by atoms with E-state index in [2.05, 4.69) is 4.90 Å². The summed E-state index contributed by atoms with van der Waals surface area (Å²) in [5.41, 5.74) is 0.891. The SMILES string of the molecule is O=C(C(Cl)c1ccccc1)N1CCN(C2CCCC2)CC1. The van der Waals surface area contributed by atoms with Gasteiger partial charge >= 0.3 is 0 Å². The molecule has 4 heteroatoms. The van der Waals surface area contributed by atoms with Gasteiger partial charge in [-0.3, -0.25) is 9.69 Å². The minimum absolute atomic E-state index is 0.0499. The van der Waals surface area contributed by atoms with Gasteiger partial charge in [0.1, 0.15) is 5.38 Å². The lowest BCUT2D eigenvalue weighted by Gasteiger charge is -2.38. The van der Waals surface area contributed by atoms with Crippen molar-refractivity contribution in [3.05, 3.63) is 35.9 Å². The first-order valence-electron chi connectivity index (χ1n) is 7.97. The third kappa shape index (κ3) is 3.41. The van der Waals surface area contributed by atoms with E-state index in [1.807, 2.05) is 35.2 Å². The lowest BCUT2D eigenvalue weighted by Crippen LogP contribution is -2.52. The fourth-order valence-corrected chi connectivity index (χ4v) is 3.79. The molecule has 1 aromatic rings. The molecule has 1 aliphatic carbocycles. The quantitative estimate of drug-likeness (QED) is 0.801. The molecule has 1 saturated carbocycles. The molecular formula is C17H23ClN2O. The molecule has 2 fully saturated rings. The zero-order chi connectivity index (χ0) is 14.7. The van der Waals surface area contributed by atoms with Crippen molar-refractivity contribution in [1.82, 2.24) is 9.80 Å². The Labute approximate surface area is 131 Å². The van der Waals surface area contributed by atoms with E-state index in [0.29, 0.717) is 0 Å². The van der Waals surface area contributed by atoms with Crippen LogP contribution in [0.15, 0.2) is 30.3 Å². The van der Waals surface area contributed by atoms with Gasteiger partial charge in [0.2, 0.25) is 5.91 Å². The molecule has 114 valence electrons. The Morgan fingerprint density at radius 1 is 1.05 bits per heavy atom. The van der Waals surface area contributed by atoms with Crippen LogP contribution in [0.2, 0.25) is 0 Å². The van der Waals surface area contributed by atoms with Crippen molar-refractivity contribution < 1.29 is 4.79 Å². The smallest absolute Gasteiger partial charge is 0.245 e. The molecule has 0 bridgehead atoms. The lowest BCUT2D eigenvalue weighted by atomic mass is 10.1. The number of piperazine rings is 1. The molecule has 0 spiro atoms. The summed E-state index contributed by atoms with van der Waals surface area (Å²) in [6.07, 6.45) is 5.38. The Morgan fingerprint density at radius 2 is 1.67 bits per heavy atom. The Morgan fingerprint density at radius 3 is 2.29 bits per heavy atom. The van der Waals surface area contributed by atoms with Crippen LogP contribution in [0.25, 0.3) is 0 Å². The van der Waals surface area contributed by atoms with Crippen LogP contribution in [0.3, 0.4) is 0 Å². The molecule has 1 unspecified atom stereocenters. The molecule has 3 nitrogen and oxygen atoms in total. The van der Waals surface area contributed by atoms with Crippen molar-refractivity contribution in [3.63, 3.8) is 0 Å². The molecule has 3 rings (SSSR count). The van der Waals surface area contributed by atoms with E-state index in [1.165, 1.54) is 25.7 Å². The first-order chi connectivity index (χ1) is 10.3. The summed E-state index contributed by atoms with van der Waals surface area (Å²) in [5, 5.41) is -0.552. The van der Waals surface area contributed by atoms with Crippen molar-refractivity contribution in [2.45, 2.75) is 37.1 Å². The van der Waals surface area contributed by atoms with Crippen LogP contribution < -0.4 is 0 Å². The van der Waals surface area contributed by atoms with E-state index in [-0.39, 0.29) is 5.91 Å². The van der Waals surface area contributed by atoms with E-state index in [0.717, 1.165) is 37.8 Å². The molecule has 1 heterocycles. The number of hydrogen-bond donors (Lipinski definition) is 0. The number of carbonyl (C=O) groups is 1. The number of amides is 1. The van der Waals surface area contributed by atoms with E-state index in [9.17, 15) is 4.79 Å². The summed E-state index contributed by atoms with van der Waals surface area (Å²) < 4.78 is 0. The fraction of sp³-hybridized carbons (Fsp3) is 0.588. The highest BCUT2D eigenvalue weighted by atomic mass is 35.5. The van der Waals surface area contributed by atoms with Crippen molar-refractivity contribution in [2.75, 3.05) is 26.2 Å². The number of carbonyl (C=O) groups excluding carboxylic acids is 1. The number of hydrogen-bond acceptors (Lipinski definition) is 2. The molecule has 1 amide bonds. The Kier molecular flexibility index (Phi) is 4.81. The zero-order valence-corrected chi connectivity index (χ0v) is 13.1. The Balaban J connectivity index is 1.55. The number of benzene rings is 1. The van der Waals surface area contributed by atoms with Crippen LogP contribution in [0.4, 0.5) is 0 Å². The van der Waals surface area contributed by atoms with Crippen molar-refractivity contribution in [2.24, 2.45) is 0 Å². The normalized spacial score (nSPS) is 22.4. The molecular weight excluding hydrogens is 284 g/mol. The Hall–Kier alpha value is -1.06. The third-order valence-electron chi connectivity index (χ3n) is 4.78. The number of halogens is 1. The van der Waals surface area contributed by atoms with Gasteiger partial charge in [-0.25, -0.2) is 0 Å². The molecule has 0 aromatic heterocycles. The van der Waals surface area contributed by atoms with Gasteiger partial charge < -0.3 is 4.90 Å². The molecule has 0 N–H and O–H groups in total. The molecule has 1 aromatic carbocycles. The Bertz CT molecular complexity index is 465. The van der Waals surface area contributed by atoms with Gasteiger partial charge in [0.15, 0.2) is 0 Å². The van der Waals surface area contributed by atoms with Gasteiger partial charge in [-0.2, -0.15) is 0 Å². The number of rotatable bonds is 3. The van der Waals surface area contributed by atoms with Crippen LogP contribution in [0.5, 0.6) is 0 Å². The minimum Gasteiger partial charge on any atom is -0.339 e. The van der Waals surface area contributed by atoms with Gasteiger partial charge in [-0.1, -0.05) is 43.2 Å². The van der Waals surface area contributed by atoms with Crippen molar-refractivity contribution in [3.8, 4) is 0 Å². The molecule has 2 aliphatic rings. The van der Waals surface area contributed by atoms with E-state index in [4.69, 9.17) is 11.6 Å². The molecule has 0 radical (unpaired) electrons. The number of nitrogens with zero attached hydrogens (tertiary/aromatic N) is 2. The standard InChI is InChI=1S/C17H23ClN2O/c18-16(14-6-2-1-3-7-14)17(21)20-12-10-19(11-13-20)15-8-4-5-9-15/h1-3,6-7,15-16H,4-5,8-13H2. The van der Waals surface area contributed by atoms with Crippen LogP contribution >= 0.6 is 11.6 Å². The maximum atomic E-state index is 12.5. The third-order valence-corrected chi connectivity index (χ3v) is 5.21. The van der Waals surface area contributed by atoms with Crippen molar-refractivity contribution >= 4 is 17.5 Å². The first-order valence-corrected chi connectivity index (χ1v) is 8.41. The molecule has 1 atom stereocenters. The topological polar surface area (TPSA) is 23.6 Å². The van der Waals surface area contributed by atoms with E-state index in [1.54, 1.807) is 0 Å². The van der Waals surface area contributed by atoms with Crippen molar-refractivity contribution in [1.29, 1.82) is 0 Å². The fourth-order valence-electron chi connectivity index (χ4n) is 3.50. The van der Waals surface area contributed by atoms with Crippen LogP contribution in [-0.4, -0.2) is 47.9 Å². The average Bonchev–Trinajstić information content (AvgIpc) is 3.09. The monoisotopic (exact) mass is 306 g/mol. The highest BCUT2D eigenvalue weighted by molar-refractivity contribution is 6.30. The summed E-state index contributed by atoms with van der Waals surface area (Å²) in [6, 6.07) is 10.4. The predicted octanol–water partition coefficient (Wildman–Crippen LogP) is 3.05. The largest absolute Gasteiger partial charge is 0.339 e. The van der Waals surface area contributed by atoms with Crippen LogP contribution in [0, 0.1) is 0 Å². The highest BCUT2D eigenvalue weighted by Crippen LogP contribution is 2.26. The van der Waals surface area contributed by atoms with Gasteiger partial charge in [-0.15, -0.1) is 11.6 Å². The number of alkyl halides is 1. The lowest BCUT2D eigenvalue weighted by molar-refractivity contribution is -0.133. The maximum absolute atomic E-state index is 12.5. The summed E-state index contributed by atoms with van der Waals surface area (Å²) in [4.78, 5) is 17.0. The van der Waals surface area contributed by atoms with Gasteiger partial charge in [0.25, 0.3) is 0 Å². The summed E-state index contributed by atoms with van der Waals surface area (Å²) >= 11 is 6.35. The summed E-state index contributed by atoms with van der Waals surface area (Å²) in [5.74, 6) is 0.0499. The second-order valence-electron chi connectivity index (χ2n) is 6.07. The van der Waals surface area contributed by atoms with E-state index >= 15 is 0 Å². The molecule has 21 heavy (non-hydrogen) atoms. The average molecular weight is 307 g/mol. The second kappa shape index (κ2) is 6.80. The van der Waals surface area contributed by atoms with Gasteiger partial charge in [-0.05, 0) is 18.4 Å². The highest BCUT2D eigenvalue weighted by Gasteiger charge is 2.30. The van der Waals surface area contributed by atoms with E-state index < -0.39 is 5.38 Å². The predicted molar refractivity (Wildman–Crippen MR) is 85.4 cm³/mol. The van der Waals surface area contributed by atoms with Crippen LogP contribution in [-0.2, 0) is 4.79 Å². The van der Waals surface area contributed by atoms with Gasteiger partial charge in [0.05, 0.1) is 0 Å². The zero-order valence-electron chi connectivity index (χ0n) is 12.4. The maximum Gasteiger partial charge on any atom is 0.245 e. The minimum atomic E-state index is -0.552.